The van der Waals surface area contributed by atoms with Crippen molar-refractivity contribution in [3.05, 3.63) is 39.4 Å². The van der Waals surface area contributed by atoms with Gasteiger partial charge in [-0.15, -0.1) is 0 Å². The number of hydrogen-bond donors (Lipinski definition) is 2. The Kier molecular flexibility index (Phi) is 5.92. The molecule has 29 heavy (non-hydrogen) atoms. The summed E-state index contributed by atoms with van der Waals surface area (Å²) in [5.74, 6) is 0.412. The molecule has 1 aromatic carbocycles. The third kappa shape index (κ3) is 4.05. The van der Waals surface area contributed by atoms with Crippen LogP contribution in [0.25, 0.3) is 5.70 Å². The first-order valence-corrected chi connectivity index (χ1v) is 10.4. The first kappa shape index (κ1) is 20.3. The molecule has 154 valence electrons. The highest BCUT2D eigenvalue weighted by Gasteiger charge is 2.37. The molecule has 0 spiro atoms. The Balaban J connectivity index is 1.63. The Morgan fingerprint density at radius 2 is 2.10 bits per heavy atom. The fourth-order valence-electron chi connectivity index (χ4n) is 3.85. The molecule has 1 aromatic rings. The van der Waals surface area contributed by atoms with Crippen molar-refractivity contribution in [2.24, 2.45) is 15.7 Å². The second-order valence-electron chi connectivity index (χ2n) is 7.30. The van der Waals surface area contributed by atoms with Gasteiger partial charge in [-0.1, -0.05) is 23.2 Å². The van der Waals surface area contributed by atoms with Crippen LogP contribution in [0.5, 0.6) is 0 Å². The fourth-order valence-corrected chi connectivity index (χ4v) is 4.35. The van der Waals surface area contributed by atoms with E-state index in [1.54, 1.807) is 12.1 Å². The average molecular weight is 436 g/mol. The summed E-state index contributed by atoms with van der Waals surface area (Å²) in [7, 11) is 0. The predicted molar refractivity (Wildman–Crippen MR) is 115 cm³/mol. The quantitative estimate of drug-likeness (QED) is 0.759. The van der Waals surface area contributed by atoms with Gasteiger partial charge in [-0.2, -0.15) is 0 Å². The van der Waals surface area contributed by atoms with Crippen molar-refractivity contribution in [2.75, 3.05) is 26.3 Å². The van der Waals surface area contributed by atoms with E-state index >= 15 is 0 Å². The number of nitrogens with zero attached hydrogens (tertiary/aromatic N) is 3. The van der Waals surface area contributed by atoms with Crippen molar-refractivity contribution in [2.45, 2.75) is 31.8 Å². The molecule has 1 amide bonds. The van der Waals surface area contributed by atoms with Crippen LogP contribution in [0.4, 0.5) is 0 Å². The number of nitrogens with one attached hydrogen (secondary N) is 1. The summed E-state index contributed by atoms with van der Waals surface area (Å²) in [6.45, 7) is 3.91. The van der Waals surface area contributed by atoms with Gasteiger partial charge >= 0.3 is 0 Å². The molecule has 1 atom stereocenters. The highest BCUT2D eigenvalue weighted by molar-refractivity contribution is 6.36. The van der Waals surface area contributed by atoms with Crippen LogP contribution in [-0.4, -0.2) is 60.9 Å². The lowest BCUT2D eigenvalue weighted by Crippen LogP contribution is -2.45. The molecule has 9 heteroatoms. The second-order valence-corrected chi connectivity index (χ2v) is 8.15. The van der Waals surface area contributed by atoms with E-state index in [4.69, 9.17) is 33.7 Å². The highest BCUT2D eigenvalue weighted by atomic mass is 35.5. The Bertz CT molecular complexity index is 921. The van der Waals surface area contributed by atoms with Gasteiger partial charge in [0.1, 0.15) is 0 Å². The number of fused-ring (bicyclic) bond motifs is 1. The molecular weight excluding hydrogens is 413 g/mol. The van der Waals surface area contributed by atoms with Crippen molar-refractivity contribution in [1.82, 2.24) is 10.2 Å². The standard InChI is InChI=1S/C20H23Cl2N5O2/c1-11-15(9-23)18(14-3-2-12(21)8-16(14)22)27-10-17(26-20(27)24-11)19(28)25-13-4-6-29-7-5-13/h2-3,8,13,17H,4-7,9-10,23H2,1H3,(H,25,28). The number of guanidine groups is 1. The smallest absolute Gasteiger partial charge is 0.247 e. The molecule has 0 bridgehead atoms. The number of amides is 1. The average Bonchev–Trinajstić information content (AvgIpc) is 3.12. The van der Waals surface area contributed by atoms with Crippen molar-refractivity contribution in [3.63, 3.8) is 0 Å². The van der Waals surface area contributed by atoms with Gasteiger partial charge in [0, 0.05) is 47.7 Å². The minimum atomic E-state index is -0.539. The molecule has 7 nitrogen and oxygen atoms in total. The Hall–Kier alpha value is -1.93. The number of ether oxygens (including phenoxy) is 1. The molecule has 0 aliphatic carbocycles. The van der Waals surface area contributed by atoms with Crippen LogP contribution in [0.2, 0.25) is 10.0 Å². The normalized spacial score (nSPS) is 22.3. The largest absolute Gasteiger partial charge is 0.381 e. The highest BCUT2D eigenvalue weighted by Crippen LogP contribution is 2.36. The summed E-state index contributed by atoms with van der Waals surface area (Å²) in [4.78, 5) is 23.9. The van der Waals surface area contributed by atoms with Crippen LogP contribution in [0.1, 0.15) is 25.3 Å². The maximum atomic E-state index is 12.8. The number of benzene rings is 1. The van der Waals surface area contributed by atoms with Crippen LogP contribution in [0.3, 0.4) is 0 Å². The Morgan fingerprint density at radius 3 is 2.79 bits per heavy atom. The summed E-state index contributed by atoms with van der Waals surface area (Å²) < 4.78 is 5.36. The SMILES string of the molecule is CC1=NC2=NC(C(=O)NC3CCOCC3)CN2C(c2ccc(Cl)cc2Cl)=C1CN. The summed E-state index contributed by atoms with van der Waals surface area (Å²) in [5.41, 5.74) is 9.31. The van der Waals surface area contributed by atoms with E-state index in [-0.39, 0.29) is 11.9 Å². The van der Waals surface area contributed by atoms with E-state index in [1.165, 1.54) is 0 Å². The van der Waals surface area contributed by atoms with Gasteiger partial charge in [-0.25, -0.2) is 9.98 Å². The van der Waals surface area contributed by atoms with Crippen LogP contribution in [0.15, 0.2) is 33.8 Å². The molecule has 3 aliphatic heterocycles. The zero-order valence-corrected chi connectivity index (χ0v) is 17.6. The summed E-state index contributed by atoms with van der Waals surface area (Å²) in [6, 6.07) is 4.93. The lowest BCUT2D eigenvalue weighted by Gasteiger charge is -2.30. The van der Waals surface area contributed by atoms with Crippen LogP contribution in [0, 0.1) is 0 Å². The van der Waals surface area contributed by atoms with E-state index in [1.807, 2.05) is 17.9 Å². The van der Waals surface area contributed by atoms with E-state index < -0.39 is 6.04 Å². The molecule has 3 aliphatic rings. The number of hydrogen-bond acceptors (Lipinski definition) is 6. The van der Waals surface area contributed by atoms with Crippen molar-refractivity contribution in [3.8, 4) is 0 Å². The maximum absolute atomic E-state index is 12.8. The number of carbonyl (C=O) groups excluding carboxylic acids is 1. The number of carbonyl (C=O) groups is 1. The van der Waals surface area contributed by atoms with Crippen LogP contribution >= 0.6 is 23.2 Å². The lowest BCUT2D eigenvalue weighted by molar-refractivity contribution is -0.123. The van der Waals surface area contributed by atoms with E-state index in [9.17, 15) is 4.79 Å². The van der Waals surface area contributed by atoms with E-state index in [0.29, 0.717) is 42.3 Å². The molecule has 0 saturated carbocycles. The molecule has 3 heterocycles. The van der Waals surface area contributed by atoms with Crippen molar-refractivity contribution in [1.29, 1.82) is 0 Å². The fraction of sp³-hybridized carbons (Fsp3) is 0.450. The summed E-state index contributed by atoms with van der Waals surface area (Å²) in [5, 5.41) is 4.17. The van der Waals surface area contributed by atoms with E-state index in [2.05, 4.69) is 15.3 Å². The molecule has 1 saturated heterocycles. The van der Waals surface area contributed by atoms with Gasteiger partial charge in [0.05, 0.1) is 17.3 Å². The summed E-state index contributed by atoms with van der Waals surface area (Å²) in [6.07, 6.45) is 1.64. The van der Waals surface area contributed by atoms with Gasteiger partial charge in [-0.05, 0) is 38.0 Å². The molecule has 0 aromatic heterocycles. The second kappa shape index (κ2) is 8.44. The maximum Gasteiger partial charge on any atom is 0.247 e. The lowest BCUT2D eigenvalue weighted by atomic mass is 10.00. The monoisotopic (exact) mass is 435 g/mol. The zero-order valence-electron chi connectivity index (χ0n) is 16.1. The summed E-state index contributed by atoms with van der Waals surface area (Å²) >= 11 is 12.6. The van der Waals surface area contributed by atoms with Gasteiger partial charge in [0.25, 0.3) is 0 Å². The molecular formula is C20H23Cl2N5O2. The van der Waals surface area contributed by atoms with Crippen LogP contribution in [-0.2, 0) is 9.53 Å². The molecule has 1 unspecified atom stereocenters. The Morgan fingerprint density at radius 1 is 1.34 bits per heavy atom. The number of halogens is 2. The molecule has 4 rings (SSSR count). The predicted octanol–water partition coefficient (Wildman–Crippen LogP) is 2.47. The van der Waals surface area contributed by atoms with Gasteiger partial charge in [0.15, 0.2) is 6.04 Å². The number of nitrogens with two attached hydrogens (primary N) is 1. The molecule has 1 fully saturated rings. The molecule has 0 radical (unpaired) electrons. The van der Waals surface area contributed by atoms with Gasteiger partial charge in [-0.3, -0.25) is 4.79 Å². The first-order valence-electron chi connectivity index (χ1n) is 9.65. The number of rotatable bonds is 4. The topological polar surface area (TPSA) is 92.3 Å². The van der Waals surface area contributed by atoms with Crippen LogP contribution < -0.4 is 11.1 Å². The van der Waals surface area contributed by atoms with Gasteiger partial charge < -0.3 is 20.7 Å². The van der Waals surface area contributed by atoms with Gasteiger partial charge in [0.2, 0.25) is 11.9 Å². The van der Waals surface area contributed by atoms with Crippen molar-refractivity contribution < 1.29 is 9.53 Å². The third-order valence-electron chi connectivity index (χ3n) is 5.39. The minimum Gasteiger partial charge on any atom is -0.381 e. The third-order valence-corrected chi connectivity index (χ3v) is 5.94. The molecule has 3 N–H and O–H groups in total. The first-order chi connectivity index (χ1) is 14.0. The van der Waals surface area contributed by atoms with Crippen molar-refractivity contribution >= 4 is 46.5 Å². The number of aliphatic imine (C=N–C) groups is 2. The minimum absolute atomic E-state index is 0.0949. The zero-order chi connectivity index (χ0) is 20.5. The van der Waals surface area contributed by atoms with E-state index in [0.717, 1.165) is 35.4 Å². The Labute approximate surface area is 179 Å².